The topological polar surface area (TPSA) is 93.9 Å². The van der Waals surface area contributed by atoms with E-state index in [0.29, 0.717) is 11.5 Å². The van der Waals surface area contributed by atoms with Gasteiger partial charge in [-0.05, 0) is 43.9 Å². The normalized spacial score (nSPS) is 28.1. The number of halogens is 2. The molecule has 2 aliphatic rings. The molecule has 0 spiro atoms. The van der Waals surface area contributed by atoms with Crippen molar-refractivity contribution in [2.24, 2.45) is 17.4 Å². The van der Waals surface area contributed by atoms with Crippen LogP contribution in [0.4, 0.5) is 14.5 Å². The average Bonchev–Trinajstić information content (AvgIpc) is 3.06. The van der Waals surface area contributed by atoms with Crippen LogP contribution in [-0.2, 0) is 0 Å². The van der Waals surface area contributed by atoms with Crippen LogP contribution in [0, 0.1) is 17.6 Å². The van der Waals surface area contributed by atoms with Gasteiger partial charge in [0.1, 0.15) is 17.3 Å². The third-order valence-electron chi connectivity index (χ3n) is 5.23. The van der Waals surface area contributed by atoms with Gasteiger partial charge in [0, 0.05) is 30.4 Å². The van der Waals surface area contributed by atoms with E-state index in [1.807, 2.05) is 6.08 Å². The molecule has 1 atom stereocenters. The molecule has 0 bridgehead atoms. The maximum Gasteiger partial charge on any atom is 0.174 e. The molecule has 1 fully saturated rings. The Kier molecular flexibility index (Phi) is 4.16. The fourth-order valence-electron chi connectivity index (χ4n) is 3.77. The molecular formula is C18H22F2N6. The van der Waals surface area contributed by atoms with E-state index < -0.39 is 17.3 Å². The summed E-state index contributed by atoms with van der Waals surface area (Å²) in [7, 11) is 0. The number of hydrogen-bond donors (Lipinski definition) is 4. The fraction of sp³-hybridized carbons (Fsp3) is 0.389. The summed E-state index contributed by atoms with van der Waals surface area (Å²) < 4.78 is 29.0. The van der Waals surface area contributed by atoms with Gasteiger partial charge in [-0.15, -0.1) is 0 Å². The number of nitrogens with zero attached hydrogens (tertiary/aromatic N) is 2. The van der Waals surface area contributed by atoms with E-state index in [2.05, 4.69) is 15.7 Å². The van der Waals surface area contributed by atoms with Crippen molar-refractivity contribution in [2.45, 2.75) is 37.4 Å². The second-order valence-electron chi connectivity index (χ2n) is 7.08. The minimum Gasteiger partial charge on any atom is -0.350 e. The van der Waals surface area contributed by atoms with Crippen molar-refractivity contribution in [3.8, 4) is 0 Å². The zero-order valence-corrected chi connectivity index (χ0v) is 14.3. The largest absolute Gasteiger partial charge is 0.350 e. The van der Waals surface area contributed by atoms with E-state index in [0.717, 1.165) is 31.7 Å². The van der Waals surface area contributed by atoms with Crippen molar-refractivity contribution in [2.75, 3.05) is 10.7 Å². The highest BCUT2D eigenvalue weighted by molar-refractivity contribution is 5.76. The van der Waals surface area contributed by atoms with Crippen molar-refractivity contribution in [3.05, 3.63) is 54.1 Å². The van der Waals surface area contributed by atoms with Gasteiger partial charge in [0.2, 0.25) is 0 Å². The molecule has 6 N–H and O–H groups in total. The first-order valence-corrected chi connectivity index (χ1v) is 8.76. The molecule has 1 aliphatic heterocycles. The van der Waals surface area contributed by atoms with Crippen LogP contribution in [0.5, 0.6) is 0 Å². The predicted octanol–water partition coefficient (Wildman–Crippen LogP) is 2.34. The van der Waals surface area contributed by atoms with Crippen LogP contribution in [0.3, 0.4) is 0 Å². The molecule has 0 radical (unpaired) electrons. The third-order valence-corrected chi connectivity index (χ3v) is 5.23. The number of aromatic nitrogens is 2. The SMILES string of the molecule is NC1CCC(C2(N)C=C(Nc3ccc(F)cc3F)c3nccn3N2)CC1. The van der Waals surface area contributed by atoms with Crippen LogP contribution in [-0.4, -0.2) is 21.4 Å². The summed E-state index contributed by atoms with van der Waals surface area (Å²) in [6.45, 7) is 0. The first-order chi connectivity index (χ1) is 12.4. The van der Waals surface area contributed by atoms with Crippen molar-refractivity contribution >= 4 is 11.4 Å². The van der Waals surface area contributed by atoms with Gasteiger partial charge in [-0.3, -0.25) is 0 Å². The molecule has 0 saturated heterocycles. The Labute approximate surface area is 150 Å². The van der Waals surface area contributed by atoms with Crippen LogP contribution in [0.15, 0.2) is 36.7 Å². The van der Waals surface area contributed by atoms with Gasteiger partial charge < -0.3 is 22.2 Å². The number of benzene rings is 1. The Morgan fingerprint density at radius 3 is 2.73 bits per heavy atom. The Bertz CT molecular complexity index is 840. The van der Waals surface area contributed by atoms with Crippen LogP contribution in [0.1, 0.15) is 31.5 Å². The molecule has 2 heterocycles. The van der Waals surface area contributed by atoms with Gasteiger partial charge in [-0.2, -0.15) is 0 Å². The lowest BCUT2D eigenvalue weighted by Crippen LogP contribution is -2.58. The summed E-state index contributed by atoms with van der Waals surface area (Å²) in [4.78, 5) is 4.30. The van der Waals surface area contributed by atoms with Gasteiger partial charge in [0.05, 0.1) is 11.4 Å². The van der Waals surface area contributed by atoms with Crippen LogP contribution < -0.4 is 22.2 Å². The Morgan fingerprint density at radius 2 is 2.00 bits per heavy atom. The second-order valence-corrected chi connectivity index (χ2v) is 7.08. The molecular weight excluding hydrogens is 338 g/mol. The van der Waals surface area contributed by atoms with Crippen molar-refractivity contribution in [1.29, 1.82) is 0 Å². The zero-order valence-electron chi connectivity index (χ0n) is 14.3. The van der Waals surface area contributed by atoms with Gasteiger partial charge in [-0.25, -0.2) is 18.4 Å². The number of rotatable bonds is 3. The average molecular weight is 360 g/mol. The summed E-state index contributed by atoms with van der Waals surface area (Å²) in [5, 5.41) is 3.01. The highest BCUT2D eigenvalue weighted by atomic mass is 19.1. The number of hydrogen-bond acceptors (Lipinski definition) is 5. The minimum absolute atomic E-state index is 0.169. The standard InChI is InChI=1S/C18H22F2N6/c19-12-3-6-15(14(20)9-12)24-16-10-18(22,11-1-4-13(21)5-2-11)25-26-8-7-23-17(16)26/h3,6-11,13,24-25H,1-2,4-5,21-22H2. The number of imidazole rings is 1. The molecule has 1 unspecified atom stereocenters. The lowest BCUT2D eigenvalue weighted by Gasteiger charge is -2.42. The van der Waals surface area contributed by atoms with Crippen molar-refractivity contribution in [1.82, 2.24) is 9.66 Å². The molecule has 1 aromatic heterocycles. The van der Waals surface area contributed by atoms with E-state index in [-0.39, 0.29) is 17.6 Å². The summed E-state index contributed by atoms with van der Waals surface area (Å²) in [6, 6.07) is 3.63. The fourth-order valence-corrected chi connectivity index (χ4v) is 3.77. The molecule has 2 aromatic rings. The number of anilines is 1. The molecule has 26 heavy (non-hydrogen) atoms. The smallest absolute Gasteiger partial charge is 0.174 e. The molecule has 0 amide bonds. The quantitative estimate of drug-likeness (QED) is 0.674. The van der Waals surface area contributed by atoms with Gasteiger partial charge in [0.15, 0.2) is 5.82 Å². The van der Waals surface area contributed by atoms with Gasteiger partial charge in [-0.1, -0.05) is 0 Å². The van der Waals surface area contributed by atoms with E-state index >= 15 is 0 Å². The monoisotopic (exact) mass is 360 g/mol. The maximum absolute atomic E-state index is 14.1. The number of nitrogens with two attached hydrogens (primary N) is 2. The summed E-state index contributed by atoms with van der Waals surface area (Å²) >= 11 is 0. The molecule has 138 valence electrons. The maximum atomic E-state index is 14.1. The Hall–Kier alpha value is -2.45. The molecule has 6 nitrogen and oxygen atoms in total. The predicted molar refractivity (Wildman–Crippen MR) is 96.4 cm³/mol. The number of nitrogens with one attached hydrogen (secondary N) is 2. The lowest BCUT2D eigenvalue weighted by atomic mass is 9.78. The Morgan fingerprint density at radius 1 is 1.23 bits per heavy atom. The molecule has 4 rings (SSSR count). The molecule has 1 aromatic carbocycles. The van der Waals surface area contributed by atoms with Crippen LogP contribution in [0.2, 0.25) is 0 Å². The molecule has 1 aliphatic carbocycles. The Balaban J connectivity index is 1.67. The van der Waals surface area contributed by atoms with E-state index in [9.17, 15) is 8.78 Å². The van der Waals surface area contributed by atoms with Gasteiger partial charge in [0.25, 0.3) is 0 Å². The van der Waals surface area contributed by atoms with E-state index in [4.69, 9.17) is 11.5 Å². The van der Waals surface area contributed by atoms with Crippen LogP contribution in [0.25, 0.3) is 5.70 Å². The second kappa shape index (κ2) is 6.37. The minimum atomic E-state index is -0.813. The van der Waals surface area contributed by atoms with Crippen LogP contribution >= 0.6 is 0 Å². The zero-order chi connectivity index (χ0) is 18.3. The molecule has 1 saturated carbocycles. The van der Waals surface area contributed by atoms with Crippen molar-refractivity contribution < 1.29 is 8.78 Å². The third kappa shape index (κ3) is 3.06. The van der Waals surface area contributed by atoms with Gasteiger partial charge >= 0.3 is 0 Å². The molecule has 8 heteroatoms. The van der Waals surface area contributed by atoms with E-state index in [1.165, 1.54) is 12.1 Å². The van der Waals surface area contributed by atoms with E-state index in [1.54, 1.807) is 17.1 Å². The van der Waals surface area contributed by atoms with Crippen molar-refractivity contribution in [3.63, 3.8) is 0 Å². The first-order valence-electron chi connectivity index (χ1n) is 8.76. The highest BCUT2D eigenvalue weighted by Crippen LogP contribution is 2.35. The summed E-state index contributed by atoms with van der Waals surface area (Å²) in [5.41, 5.74) is 15.9. The number of fused-ring (bicyclic) bond motifs is 1. The highest BCUT2D eigenvalue weighted by Gasteiger charge is 2.39. The first kappa shape index (κ1) is 17.0. The summed E-state index contributed by atoms with van der Waals surface area (Å²) in [5.74, 6) is -0.524. The lowest BCUT2D eigenvalue weighted by molar-refractivity contribution is 0.239. The summed E-state index contributed by atoms with van der Waals surface area (Å²) in [6.07, 6.45) is 8.91.